The maximum absolute atomic E-state index is 12.1. The molecule has 1 aromatic rings. The van der Waals surface area contributed by atoms with Crippen LogP contribution < -0.4 is 0 Å². The number of hydrogen-bond acceptors (Lipinski definition) is 4. The Morgan fingerprint density at radius 2 is 2.20 bits per heavy atom. The molecule has 1 aliphatic heterocycles. The molecule has 1 aliphatic rings. The van der Waals surface area contributed by atoms with Gasteiger partial charge in [-0.3, -0.25) is 4.79 Å². The van der Waals surface area contributed by atoms with Crippen molar-refractivity contribution in [3.05, 3.63) is 29.8 Å². The van der Waals surface area contributed by atoms with Crippen LogP contribution in [0.1, 0.15) is 12.0 Å². The van der Waals surface area contributed by atoms with Crippen molar-refractivity contribution in [3.8, 4) is 0 Å². The standard InChI is InChI=1S/C14H19NO3S2/c1-11-4-3-5-13(8-11)19-9-14(16)15(2)12-6-7-20(17,18)10-12/h3-5,8,12H,6-7,9-10H2,1-2H3/t12-/m1/s1. The first kappa shape index (κ1) is 15.4. The molecular formula is C14H19NO3S2. The fourth-order valence-corrected chi connectivity index (χ4v) is 4.95. The lowest BCUT2D eigenvalue weighted by molar-refractivity contribution is -0.128. The van der Waals surface area contributed by atoms with Crippen LogP contribution in [-0.4, -0.2) is 49.6 Å². The molecule has 0 aliphatic carbocycles. The van der Waals surface area contributed by atoms with Gasteiger partial charge < -0.3 is 4.90 Å². The Morgan fingerprint density at radius 3 is 2.80 bits per heavy atom. The molecule has 1 aromatic carbocycles. The highest BCUT2D eigenvalue weighted by molar-refractivity contribution is 8.00. The van der Waals surface area contributed by atoms with Crippen molar-refractivity contribution in [2.45, 2.75) is 24.3 Å². The van der Waals surface area contributed by atoms with E-state index in [4.69, 9.17) is 0 Å². The van der Waals surface area contributed by atoms with E-state index in [1.165, 1.54) is 11.8 Å². The molecule has 0 N–H and O–H groups in total. The zero-order valence-electron chi connectivity index (χ0n) is 11.7. The molecule has 0 saturated carbocycles. The van der Waals surface area contributed by atoms with Crippen LogP contribution in [0, 0.1) is 6.92 Å². The Labute approximate surface area is 124 Å². The van der Waals surface area contributed by atoms with Crippen LogP contribution in [-0.2, 0) is 14.6 Å². The second kappa shape index (κ2) is 6.18. The summed E-state index contributed by atoms with van der Waals surface area (Å²) in [6, 6.07) is 7.84. The molecule has 1 fully saturated rings. The number of hydrogen-bond donors (Lipinski definition) is 0. The van der Waals surface area contributed by atoms with Gasteiger partial charge in [0.15, 0.2) is 9.84 Å². The summed E-state index contributed by atoms with van der Waals surface area (Å²) >= 11 is 1.49. The number of nitrogens with zero attached hydrogens (tertiary/aromatic N) is 1. The molecule has 6 heteroatoms. The molecule has 2 rings (SSSR count). The van der Waals surface area contributed by atoms with E-state index in [1.807, 2.05) is 31.2 Å². The number of sulfone groups is 1. The fourth-order valence-electron chi connectivity index (χ4n) is 2.24. The Bertz CT molecular complexity index is 598. The number of rotatable bonds is 4. The first-order valence-corrected chi connectivity index (χ1v) is 9.34. The second-order valence-corrected chi connectivity index (χ2v) is 8.44. The molecule has 4 nitrogen and oxygen atoms in total. The van der Waals surface area contributed by atoms with Crippen molar-refractivity contribution in [3.63, 3.8) is 0 Å². The summed E-state index contributed by atoms with van der Waals surface area (Å²) in [6.07, 6.45) is 0.555. The van der Waals surface area contributed by atoms with E-state index in [9.17, 15) is 13.2 Å². The molecule has 0 radical (unpaired) electrons. The maximum Gasteiger partial charge on any atom is 0.232 e. The Hall–Kier alpha value is -1.01. The summed E-state index contributed by atoms with van der Waals surface area (Å²) in [6.45, 7) is 2.02. The minimum Gasteiger partial charge on any atom is -0.341 e. The molecule has 0 bridgehead atoms. The van der Waals surface area contributed by atoms with Gasteiger partial charge in [0.2, 0.25) is 5.91 Å². The van der Waals surface area contributed by atoms with E-state index in [0.717, 1.165) is 10.5 Å². The molecule has 1 amide bonds. The number of carbonyl (C=O) groups is 1. The largest absolute Gasteiger partial charge is 0.341 e. The zero-order chi connectivity index (χ0) is 14.8. The van der Waals surface area contributed by atoms with Crippen molar-refractivity contribution in [2.75, 3.05) is 24.3 Å². The minimum atomic E-state index is -2.95. The van der Waals surface area contributed by atoms with Gasteiger partial charge in [0.25, 0.3) is 0 Å². The lowest BCUT2D eigenvalue weighted by atomic mass is 10.2. The molecule has 20 heavy (non-hydrogen) atoms. The monoisotopic (exact) mass is 313 g/mol. The highest BCUT2D eigenvalue weighted by Gasteiger charge is 2.32. The first-order chi connectivity index (χ1) is 9.37. The highest BCUT2D eigenvalue weighted by atomic mass is 32.2. The Morgan fingerprint density at radius 1 is 1.45 bits per heavy atom. The number of aryl methyl sites for hydroxylation is 1. The fraction of sp³-hybridized carbons (Fsp3) is 0.500. The molecule has 110 valence electrons. The van der Waals surface area contributed by atoms with Crippen molar-refractivity contribution < 1.29 is 13.2 Å². The zero-order valence-corrected chi connectivity index (χ0v) is 13.3. The predicted octanol–water partition coefficient (Wildman–Crippen LogP) is 1.73. The van der Waals surface area contributed by atoms with E-state index in [0.29, 0.717) is 12.2 Å². The van der Waals surface area contributed by atoms with Crippen molar-refractivity contribution in [2.24, 2.45) is 0 Å². The quantitative estimate of drug-likeness (QED) is 0.795. The number of amides is 1. The number of carbonyl (C=O) groups excluding carboxylic acids is 1. The molecule has 1 heterocycles. The van der Waals surface area contributed by atoms with Crippen molar-refractivity contribution >= 4 is 27.5 Å². The molecular weight excluding hydrogens is 294 g/mol. The second-order valence-electron chi connectivity index (χ2n) is 5.17. The van der Waals surface area contributed by atoms with E-state index >= 15 is 0 Å². The van der Waals surface area contributed by atoms with Crippen LogP contribution in [0.5, 0.6) is 0 Å². The van der Waals surface area contributed by atoms with Gasteiger partial charge in [-0.05, 0) is 25.5 Å². The summed E-state index contributed by atoms with van der Waals surface area (Å²) in [4.78, 5) is 14.8. The van der Waals surface area contributed by atoms with Crippen LogP contribution >= 0.6 is 11.8 Å². The van der Waals surface area contributed by atoms with Gasteiger partial charge in [-0.1, -0.05) is 17.7 Å². The SMILES string of the molecule is Cc1cccc(SCC(=O)N(C)[C@@H]2CCS(=O)(=O)C2)c1. The van der Waals surface area contributed by atoms with Gasteiger partial charge >= 0.3 is 0 Å². The van der Waals surface area contributed by atoms with Crippen LogP contribution in [0.25, 0.3) is 0 Å². The number of benzene rings is 1. The maximum atomic E-state index is 12.1. The van der Waals surface area contributed by atoms with Gasteiger partial charge in [0.1, 0.15) is 0 Å². The van der Waals surface area contributed by atoms with Crippen molar-refractivity contribution in [1.29, 1.82) is 0 Å². The van der Waals surface area contributed by atoms with Gasteiger partial charge in [-0.2, -0.15) is 0 Å². The van der Waals surface area contributed by atoms with Gasteiger partial charge in [-0.25, -0.2) is 8.42 Å². The van der Waals surface area contributed by atoms with E-state index in [-0.39, 0.29) is 23.5 Å². The summed E-state index contributed by atoms with van der Waals surface area (Å²) in [5.41, 5.74) is 1.16. The lowest BCUT2D eigenvalue weighted by Gasteiger charge is -2.23. The van der Waals surface area contributed by atoms with Gasteiger partial charge in [0, 0.05) is 18.0 Å². The highest BCUT2D eigenvalue weighted by Crippen LogP contribution is 2.21. The van der Waals surface area contributed by atoms with E-state index in [1.54, 1.807) is 11.9 Å². The molecule has 0 spiro atoms. The first-order valence-electron chi connectivity index (χ1n) is 6.53. The molecule has 1 atom stereocenters. The third-order valence-electron chi connectivity index (χ3n) is 3.50. The summed E-state index contributed by atoms with van der Waals surface area (Å²) in [7, 11) is -1.25. The third kappa shape index (κ3) is 3.99. The van der Waals surface area contributed by atoms with Crippen LogP contribution in [0.4, 0.5) is 0 Å². The smallest absolute Gasteiger partial charge is 0.232 e. The van der Waals surface area contributed by atoms with E-state index < -0.39 is 9.84 Å². The Kier molecular flexibility index (Phi) is 4.75. The Balaban J connectivity index is 1.89. The van der Waals surface area contributed by atoms with Crippen LogP contribution in [0.15, 0.2) is 29.2 Å². The summed E-state index contributed by atoms with van der Waals surface area (Å²) < 4.78 is 22.9. The summed E-state index contributed by atoms with van der Waals surface area (Å²) in [5, 5.41) is 0. The van der Waals surface area contributed by atoms with Crippen molar-refractivity contribution in [1.82, 2.24) is 4.90 Å². The average Bonchev–Trinajstić information content (AvgIpc) is 2.75. The van der Waals surface area contributed by atoms with Gasteiger partial charge in [-0.15, -0.1) is 11.8 Å². The molecule has 1 saturated heterocycles. The van der Waals surface area contributed by atoms with Crippen LogP contribution in [0.2, 0.25) is 0 Å². The topological polar surface area (TPSA) is 54.5 Å². The summed E-state index contributed by atoms with van der Waals surface area (Å²) in [5.74, 6) is 0.625. The van der Waals surface area contributed by atoms with E-state index in [2.05, 4.69) is 0 Å². The van der Waals surface area contributed by atoms with Crippen LogP contribution in [0.3, 0.4) is 0 Å². The normalized spacial score (nSPS) is 20.8. The molecule has 0 unspecified atom stereocenters. The average molecular weight is 313 g/mol. The predicted molar refractivity (Wildman–Crippen MR) is 81.7 cm³/mol. The van der Waals surface area contributed by atoms with Gasteiger partial charge in [0.05, 0.1) is 17.3 Å². The number of thioether (sulfide) groups is 1. The third-order valence-corrected chi connectivity index (χ3v) is 6.23. The minimum absolute atomic E-state index is 0.0152. The lowest BCUT2D eigenvalue weighted by Crippen LogP contribution is -2.38. The molecule has 0 aromatic heterocycles.